The Hall–Kier alpha value is -1.75. The van der Waals surface area contributed by atoms with Crippen LogP contribution in [0.25, 0.3) is 0 Å². The highest BCUT2D eigenvalue weighted by atomic mass is 28.3. The summed E-state index contributed by atoms with van der Waals surface area (Å²) in [5, 5.41) is 13.4. The van der Waals surface area contributed by atoms with Crippen LogP contribution >= 0.6 is 0 Å². The fourth-order valence-corrected chi connectivity index (χ4v) is 7.82. The van der Waals surface area contributed by atoms with Gasteiger partial charge in [0.2, 0.25) is 0 Å². The van der Waals surface area contributed by atoms with Gasteiger partial charge in [-0.15, -0.1) is 0 Å². The van der Waals surface area contributed by atoms with Crippen LogP contribution in [-0.4, -0.2) is 32.6 Å². The van der Waals surface area contributed by atoms with Crippen molar-refractivity contribution in [1.29, 1.82) is 0 Å². The Morgan fingerprint density at radius 2 is 1.59 bits per heavy atom. The maximum absolute atomic E-state index is 12.5. The molecule has 4 rings (SSSR count). The first-order valence-electron chi connectivity index (χ1n) is 10.6. The summed E-state index contributed by atoms with van der Waals surface area (Å²) in [5.74, 6) is 0.675. The minimum absolute atomic E-state index is 0.0247. The largest absolute Gasteiger partial charge is 0.407 e. The third-order valence-electron chi connectivity index (χ3n) is 6.82. The van der Waals surface area contributed by atoms with Crippen molar-refractivity contribution < 1.29 is 14.3 Å². The zero-order valence-electron chi connectivity index (χ0n) is 17.6. The van der Waals surface area contributed by atoms with E-state index in [1.807, 2.05) is 12.1 Å². The molecule has 1 N–H and O–H groups in total. The lowest BCUT2D eigenvalue weighted by molar-refractivity contribution is -0.118. The molecule has 4 atom stereocenters. The average molecular weight is 408 g/mol. The molecule has 0 bridgehead atoms. The summed E-state index contributed by atoms with van der Waals surface area (Å²) >= 11 is 0. The van der Waals surface area contributed by atoms with E-state index in [0.717, 1.165) is 0 Å². The molecule has 1 radical (unpaired) electrons. The number of hydrogen-bond acceptors (Lipinski definition) is 3. The van der Waals surface area contributed by atoms with E-state index in [0.29, 0.717) is 31.7 Å². The van der Waals surface area contributed by atoms with Gasteiger partial charge < -0.3 is 9.53 Å². The molecule has 0 spiro atoms. The molecule has 3 nitrogen and oxygen atoms in total. The van der Waals surface area contributed by atoms with Crippen molar-refractivity contribution in [3.8, 4) is 0 Å². The third-order valence-corrected chi connectivity index (χ3v) is 8.97. The van der Waals surface area contributed by atoms with Crippen molar-refractivity contribution >= 4 is 25.2 Å². The molecular weight excluding hydrogens is 376 g/mol. The van der Waals surface area contributed by atoms with Gasteiger partial charge in [0.25, 0.3) is 9.04 Å². The quantitative estimate of drug-likeness (QED) is 0.775. The zero-order chi connectivity index (χ0) is 20.6. The molecule has 0 unspecified atom stereocenters. The first-order chi connectivity index (χ1) is 13.8. The molecule has 29 heavy (non-hydrogen) atoms. The van der Waals surface area contributed by atoms with E-state index in [4.69, 9.17) is 4.43 Å². The highest BCUT2D eigenvalue weighted by Crippen LogP contribution is 2.60. The Bertz CT molecular complexity index is 806. The van der Waals surface area contributed by atoms with E-state index in [1.54, 1.807) is 0 Å². The second kappa shape index (κ2) is 7.82. The highest BCUT2D eigenvalue weighted by molar-refractivity contribution is 6.80. The smallest absolute Gasteiger partial charge is 0.282 e. The maximum atomic E-state index is 12.5. The van der Waals surface area contributed by atoms with Crippen molar-refractivity contribution in [3.63, 3.8) is 0 Å². The molecule has 0 saturated heterocycles. The Labute approximate surface area is 175 Å². The molecule has 2 saturated carbocycles. The monoisotopic (exact) mass is 407 g/mol. The van der Waals surface area contributed by atoms with Gasteiger partial charge in [-0.3, -0.25) is 4.79 Å². The van der Waals surface area contributed by atoms with Crippen molar-refractivity contribution in [2.45, 2.75) is 46.1 Å². The number of rotatable bonds is 5. The first-order valence-corrected chi connectivity index (χ1v) is 12.0. The molecule has 0 aromatic heterocycles. The van der Waals surface area contributed by atoms with E-state index < -0.39 is 9.04 Å². The van der Waals surface area contributed by atoms with Gasteiger partial charge in [0.15, 0.2) is 0 Å². The summed E-state index contributed by atoms with van der Waals surface area (Å²) < 4.78 is 6.70. The Balaban J connectivity index is 1.62. The fraction of sp³-hybridized carbons (Fsp3) is 0.480. The van der Waals surface area contributed by atoms with Gasteiger partial charge in [0, 0.05) is 24.9 Å². The molecule has 0 heterocycles. The molecule has 2 aliphatic rings. The fourth-order valence-electron chi connectivity index (χ4n) is 5.73. The standard InChI is InChI=1S/C25H31O3Si/c1-24(2,3)23-21-14-18(26)15-25(21,16-22(23)27)17-28-29(19-10-6-4-7-11-19)20-12-8-5-9-13-20/h4-13,21-23,27H,14-17H2,1-3H3/t21-,22+,23+,25+/m0/s1. The number of carbonyl (C=O) groups is 1. The molecule has 0 amide bonds. The topological polar surface area (TPSA) is 46.5 Å². The van der Waals surface area contributed by atoms with Crippen LogP contribution in [0, 0.1) is 22.7 Å². The van der Waals surface area contributed by atoms with Crippen molar-refractivity contribution in [1.82, 2.24) is 0 Å². The van der Waals surface area contributed by atoms with E-state index in [2.05, 4.69) is 69.3 Å². The minimum atomic E-state index is -1.41. The van der Waals surface area contributed by atoms with Crippen molar-refractivity contribution in [3.05, 3.63) is 60.7 Å². The van der Waals surface area contributed by atoms with Gasteiger partial charge in [0.1, 0.15) is 5.78 Å². The molecule has 2 aromatic rings. The minimum Gasteiger partial charge on any atom is -0.407 e. The second-order valence-electron chi connectivity index (χ2n) is 9.90. The maximum Gasteiger partial charge on any atom is 0.282 e. The third kappa shape index (κ3) is 3.98. The molecule has 2 fully saturated rings. The highest BCUT2D eigenvalue weighted by Gasteiger charge is 2.60. The van der Waals surface area contributed by atoms with Gasteiger partial charge in [-0.25, -0.2) is 0 Å². The Kier molecular flexibility index (Phi) is 5.53. The summed E-state index contributed by atoms with van der Waals surface area (Å²) in [5.41, 5.74) is -0.253. The number of Topliss-reactive ketones (excluding diaryl/α,β-unsaturated/α-hetero) is 1. The van der Waals surface area contributed by atoms with Gasteiger partial charge in [-0.2, -0.15) is 0 Å². The normalized spacial score (nSPS) is 29.4. The van der Waals surface area contributed by atoms with Gasteiger partial charge in [-0.05, 0) is 34.0 Å². The van der Waals surface area contributed by atoms with Crippen LogP contribution in [0.2, 0.25) is 0 Å². The van der Waals surface area contributed by atoms with Gasteiger partial charge in [0.05, 0.1) is 6.10 Å². The number of ketones is 1. The summed E-state index contributed by atoms with van der Waals surface area (Å²) in [6, 6.07) is 20.8. The van der Waals surface area contributed by atoms with E-state index in [1.165, 1.54) is 10.4 Å². The number of aliphatic hydroxyl groups is 1. The number of fused-ring (bicyclic) bond motifs is 1. The van der Waals surface area contributed by atoms with Crippen LogP contribution in [0.3, 0.4) is 0 Å². The number of benzene rings is 2. The van der Waals surface area contributed by atoms with Crippen molar-refractivity contribution in [2.75, 3.05) is 6.61 Å². The lowest BCUT2D eigenvalue weighted by Crippen LogP contribution is -2.47. The SMILES string of the molecule is CC(C)(C)[C@H]1[C@H](O)C[C@@]2(CO[Si](c3ccccc3)c3ccccc3)CC(=O)C[C@@H]12. The summed E-state index contributed by atoms with van der Waals surface area (Å²) in [7, 11) is -1.41. The summed E-state index contributed by atoms with van der Waals surface area (Å²) in [6.45, 7) is 7.10. The van der Waals surface area contributed by atoms with E-state index in [9.17, 15) is 9.90 Å². The lowest BCUT2D eigenvalue weighted by Gasteiger charge is -2.37. The average Bonchev–Trinajstić information content (AvgIpc) is 3.12. The predicted molar refractivity (Wildman–Crippen MR) is 118 cm³/mol. The van der Waals surface area contributed by atoms with Crippen LogP contribution in [-0.2, 0) is 9.22 Å². The van der Waals surface area contributed by atoms with Crippen molar-refractivity contribution in [2.24, 2.45) is 22.7 Å². The van der Waals surface area contributed by atoms with Crippen LogP contribution in [0.5, 0.6) is 0 Å². The van der Waals surface area contributed by atoms with E-state index in [-0.39, 0.29) is 28.8 Å². The first kappa shape index (κ1) is 20.5. The molecule has 2 aliphatic carbocycles. The lowest BCUT2D eigenvalue weighted by atomic mass is 9.70. The Morgan fingerprint density at radius 3 is 2.10 bits per heavy atom. The van der Waals surface area contributed by atoms with Crippen LogP contribution in [0.15, 0.2) is 60.7 Å². The van der Waals surface area contributed by atoms with Crippen LogP contribution in [0.4, 0.5) is 0 Å². The van der Waals surface area contributed by atoms with Crippen LogP contribution in [0.1, 0.15) is 40.0 Å². The number of hydrogen-bond donors (Lipinski definition) is 1. The number of carbonyl (C=O) groups excluding carboxylic acids is 1. The molecule has 153 valence electrons. The van der Waals surface area contributed by atoms with Gasteiger partial charge in [-0.1, -0.05) is 81.4 Å². The molecule has 0 aliphatic heterocycles. The second-order valence-corrected chi connectivity index (χ2v) is 12.0. The zero-order valence-corrected chi connectivity index (χ0v) is 18.6. The predicted octanol–water partition coefficient (Wildman–Crippen LogP) is 3.20. The summed E-state index contributed by atoms with van der Waals surface area (Å²) in [6.07, 6.45) is 1.44. The molecule has 2 aromatic carbocycles. The molecular formula is C25H31O3Si. The van der Waals surface area contributed by atoms with Crippen LogP contribution < -0.4 is 10.4 Å². The molecule has 4 heteroatoms. The van der Waals surface area contributed by atoms with E-state index >= 15 is 0 Å². The summed E-state index contributed by atoms with van der Waals surface area (Å²) in [4.78, 5) is 12.5. The Morgan fingerprint density at radius 1 is 1.03 bits per heavy atom. The van der Waals surface area contributed by atoms with Gasteiger partial charge >= 0.3 is 0 Å². The number of aliphatic hydroxyl groups excluding tert-OH is 1.